The minimum absolute atomic E-state index is 0.0439. The molecule has 1 unspecified atom stereocenters. The molecule has 0 saturated carbocycles. The van der Waals surface area contributed by atoms with Crippen molar-refractivity contribution in [2.24, 2.45) is 11.8 Å². The van der Waals surface area contributed by atoms with Crippen molar-refractivity contribution >= 4 is 17.7 Å². The van der Waals surface area contributed by atoms with Crippen molar-refractivity contribution in [2.75, 3.05) is 25.5 Å². The van der Waals surface area contributed by atoms with Gasteiger partial charge in [0, 0.05) is 25.2 Å². The van der Waals surface area contributed by atoms with Crippen molar-refractivity contribution in [1.29, 1.82) is 0 Å². The Morgan fingerprint density at radius 2 is 2.11 bits per heavy atom. The van der Waals surface area contributed by atoms with Gasteiger partial charge in [0.1, 0.15) is 5.82 Å². The van der Waals surface area contributed by atoms with E-state index in [1.54, 1.807) is 0 Å². The second-order valence-electron chi connectivity index (χ2n) is 7.56. The zero-order valence-electron chi connectivity index (χ0n) is 16.8. The SMILES string of the molecule is COC(=O)C(CCNC(=O)CCCCc1ccc2c(n1)NCCC2)C(C)C. The van der Waals surface area contributed by atoms with Gasteiger partial charge in [-0.3, -0.25) is 9.59 Å². The van der Waals surface area contributed by atoms with Crippen molar-refractivity contribution in [3.8, 4) is 0 Å². The summed E-state index contributed by atoms with van der Waals surface area (Å²) in [6.45, 7) is 5.49. The lowest BCUT2D eigenvalue weighted by atomic mass is 9.92. The smallest absolute Gasteiger partial charge is 0.308 e. The van der Waals surface area contributed by atoms with Crippen LogP contribution in [0.3, 0.4) is 0 Å². The van der Waals surface area contributed by atoms with E-state index in [9.17, 15) is 9.59 Å². The molecule has 1 aliphatic heterocycles. The van der Waals surface area contributed by atoms with Gasteiger partial charge in [-0.2, -0.15) is 0 Å². The molecule has 150 valence electrons. The molecule has 0 aliphatic carbocycles. The fourth-order valence-electron chi connectivity index (χ4n) is 3.43. The van der Waals surface area contributed by atoms with Crippen molar-refractivity contribution in [3.05, 3.63) is 23.4 Å². The number of rotatable bonds is 10. The molecule has 0 fully saturated rings. The first kappa shape index (κ1) is 21.2. The standard InChI is InChI=1S/C21H33N3O3/c1-15(2)18(21(26)27-3)12-14-22-19(25)9-5-4-8-17-11-10-16-7-6-13-23-20(16)24-17/h10-11,15,18H,4-9,12-14H2,1-3H3,(H,22,25)(H,23,24). The van der Waals surface area contributed by atoms with Gasteiger partial charge in [-0.15, -0.1) is 0 Å². The molecule has 0 saturated heterocycles. The molecule has 27 heavy (non-hydrogen) atoms. The summed E-state index contributed by atoms with van der Waals surface area (Å²) in [7, 11) is 1.41. The van der Waals surface area contributed by atoms with Crippen LogP contribution in [0.2, 0.25) is 0 Å². The third-order valence-corrected chi connectivity index (χ3v) is 5.12. The number of amides is 1. The Kier molecular flexibility index (Phi) is 8.55. The number of anilines is 1. The van der Waals surface area contributed by atoms with Gasteiger partial charge < -0.3 is 15.4 Å². The second kappa shape index (κ2) is 10.9. The van der Waals surface area contributed by atoms with Crippen LogP contribution in [0.4, 0.5) is 5.82 Å². The molecule has 0 bridgehead atoms. The molecule has 6 nitrogen and oxygen atoms in total. The monoisotopic (exact) mass is 375 g/mol. The van der Waals surface area contributed by atoms with Gasteiger partial charge in [0.25, 0.3) is 0 Å². The van der Waals surface area contributed by atoms with E-state index in [1.165, 1.54) is 19.1 Å². The number of aryl methyl sites for hydroxylation is 2. The summed E-state index contributed by atoms with van der Waals surface area (Å²) >= 11 is 0. The highest BCUT2D eigenvalue weighted by atomic mass is 16.5. The van der Waals surface area contributed by atoms with Crippen LogP contribution >= 0.6 is 0 Å². The minimum atomic E-state index is -0.203. The van der Waals surface area contributed by atoms with E-state index in [-0.39, 0.29) is 23.7 Å². The molecule has 1 amide bonds. The number of hydrogen-bond donors (Lipinski definition) is 2. The van der Waals surface area contributed by atoms with Crippen molar-refractivity contribution in [1.82, 2.24) is 10.3 Å². The predicted molar refractivity (Wildman–Crippen MR) is 107 cm³/mol. The number of esters is 1. The van der Waals surface area contributed by atoms with E-state index in [1.807, 2.05) is 13.8 Å². The Morgan fingerprint density at radius 1 is 1.30 bits per heavy atom. The van der Waals surface area contributed by atoms with Gasteiger partial charge in [-0.1, -0.05) is 19.9 Å². The highest BCUT2D eigenvalue weighted by molar-refractivity contribution is 5.76. The third-order valence-electron chi connectivity index (χ3n) is 5.12. The summed E-state index contributed by atoms with van der Waals surface area (Å²) in [6, 6.07) is 4.27. The van der Waals surface area contributed by atoms with E-state index in [2.05, 4.69) is 27.8 Å². The summed E-state index contributed by atoms with van der Waals surface area (Å²) in [6.07, 6.45) is 6.05. The van der Waals surface area contributed by atoms with Crippen LogP contribution in [-0.4, -0.2) is 37.1 Å². The molecule has 1 aliphatic rings. The lowest BCUT2D eigenvalue weighted by Gasteiger charge is -2.18. The van der Waals surface area contributed by atoms with Gasteiger partial charge in [0.2, 0.25) is 5.91 Å². The van der Waals surface area contributed by atoms with Crippen LogP contribution in [0.25, 0.3) is 0 Å². The van der Waals surface area contributed by atoms with Gasteiger partial charge in [0.05, 0.1) is 13.0 Å². The lowest BCUT2D eigenvalue weighted by Crippen LogP contribution is -2.30. The first-order valence-corrected chi connectivity index (χ1v) is 10.1. The van der Waals surface area contributed by atoms with E-state index in [0.29, 0.717) is 19.4 Å². The summed E-state index contributed by atoms with van der Waals surface area (Å²) in [5.74, 6) is 0.905. The van der Waals surface area contributed by atoms with Gasteiger partial charge >= 0.3 is 5.97 Å². The van der Waals surface area contributed by atoms with Gasteiger partial charge in [-0.05, 0) is 56.1 Å². The topological polar surface area (TPSA) is 80.3 Å². The zero-order chi connectivity index (χ0) is 19.6. The fourth-order valence-corrected chi connectivity index (χ4v) is 3.43. The zero-order valence-corrected chi connectivity index (χ0v) is 16.8. The number of carbonyl (C=O) groups is 2. The van der Waals surface area contributed by atoms with Crippen molar-refractivity contribution < 1.29 is 14.3 Å². The molecule has 1 aromatic heterocycles. The number of nitrogens with zero attached hydrogens (tertiary/aromatic N) is 1. The van der Waals surface area contributed by atoms with Crippen LogP contribution in [0.1, 0.15) is 57.2 Å². The molecular weight excluding hydrogens is 342 g/mol. The molecule has 2 rings (SSSR count). The maximum Gasteiger partial charge on any atom is 0.308 e. The van der Waals surface area contributed by atoms with Crippen LogP contribution in [0.5, 0.6) is 0 Å². The maximum atomic E-state index is 12.0. The van der Waals surface area contributed by atoms with Crippen molar-refractivity contribution in [2.45, 2.75) is 58.8 Å². The summed E-state index contributed by atoms with van der Waals surface area (Å²) in [4.78, 5) is 28.4. The quantitative estimate of drug-likeness (QED) is 0.485. The van der Waals surface area contributed by atoms with Gasteiger partial charge in [0.15, 0.2) is 0 Å². The summed E-state index contributed by atoms with van der Waals surface area (Å²) in [5, 5.41) is 6.27. The Bertz CT molecular complexity index is 631. The number of nitrogens with one attached hydrogen (secondary N) is 2. The molecule has 1 atom stereocenters. The minimum Gasteiger partial charge on any atom is -0.469 e. The highest BCUT2D eigenvalue weighted by Crippen LogP contribution is 2.20. The van der Waals surface area contributed by atoms with Gasteiger partial charge in [-0.25, -0.2) is 4.98 Å². The van der Waals surface area contributed by atoms with Crippen LogP contribution in [0.15, 0.2) is 12.1 Å². The average molecular weight is 376 g/mol. The van der Waals surface area contributed by atoms with Crippen LogP contribution in [-0.2, 0) is 27.2 Å². The normalized spacial score (nSPS) is 14.2. The molecule has 2 heterocycles. The van der Waals surface area contributed by atoms with E-state index in [0.717, 1.165) is 43.7 Å². The average Bonchev–Trinajstić information content (AvgIpc) is 2.67. The number of fused-ring (bicyclic) bond motifs is 1. The molecular formula is C21H33N3O3. The number of carbonyl (C=O) groups excluding carboxylic acids is 2. The largest absolute Gasteiger partial charge is 0.469 e. The van der Waals surface area contributed by atoms with E-state index >= 15 is 0 Å². The van der Waals surface area contributed by atoms with Crippen LogP contribution < -0.4 is 10.6 Å². The summed E-state index contributed by atoms with van der Waals surface area (Å²) in [5.41, 5.74) is 2.39. The fraction of sp³-hybridized carbons (Fsp3) is 0.667. The van der Waals surface area contributed by atoms with E-state index < -0.39 is 0 Å². The molecule has 0 aromatic carbocycles. The Balaban J connectivity index is 1.62. The predicted octanol–water partition coefficient (Wildman–Crippen LogP) is 3.10. The number of ether oxygens (including phenoxy) is 1. The molecule has 2 N–H and O–H groups in total. The first-order chi connectivity index (χ1) is 13.0. The number of pyridine rings is 1. The highest BCUT2D eigenvalue weighted by Gasteiger charge is 2.22. The van der Waals surface area contributed by atoms with E-state index in [4.69, 9.17) is 4.74 Å². The Labute approximate surface area is 162 Å². The molecule has 1 aromatic rings. The molecule has 0 spiro atoms. The Hall–Kier alpha value is -2.11. The van der Waals surface area contributed by atoms with Crippen LogP contribution in [0, 0.1) is 11.8 Å². The van der Waals surface area contributed by atoms with Crippen molar-refractivity contribution in [3.63, 3.8) is 0 Å². The number of hydrogen-bond acceptors (Lipinski definition) is 5. The Morgan fingerprint density at radius 3 is 2.85 bits per heavy atom. The number of methoxy groups -OCH3 is 1. The second-order valence-corrected chi connectivity index (χ2v) is 7.56. The molecule has 0 radical (unpaired) electrons. The molecule has 6 heteroatoms. The number of aromatic nitrogens is 1. The third kappa shape index (κ3) is 6.85. The summed E-state index contributed by atoms with van der Waals surface area (Å²) < 4.78 is 4.83. The first-order valence-electron chi connectivity index (χ1n) is 10.1. The lowest BCUT2D eigenvalue weighted by molar-refractivity contribution is -0.147. The maximum absolute atomic E-state index is 12.0. The number of unbranched alkanes of at least 4 members (excludes halogenated alkanes) is 1.